The monoisotopic (exact) mass is 383 g/mol. The summed E-state index contributed by atoms with van der Waals surface area (Å²) in [5, 5.41) is 0. The zero-order chi connectivity index (χ0) is 18.8. The molecule has 1 aliphatic rings. The molecule has 0 atom stereocenters. The van der Waals surface area contributed by atoms with Crippen LogP contribution >= 0.6 is 15.9 Å². The first kappa shape index (κ1) is 26.9. The molecular weight excluding hydrogens is 346 g/mol. The highest BCUT2D eigenvalue weighted by Gasteiger charge is 2.20. The second-order valence-electron chi connectivity index (χ2n) is 3.68. The highest BCUT2D eigenvalue weighted by atomic mass is 79.9. The highest BCUT2D eigenvalue weighted by molar-refractivity contribution is 9.15. The van der Waals surface area contributed by atoms with Crippen molar-refractivity contribution in [3.8, 4) is 0 Å². The molecule has 0 bridgehead atoms. The molecule has 1 aromatic heterocycles. The lowest BCUT2D eigenvalue weighted by molar-refractivity contribution is 0.890. The van der Waals surface area contributed by atoms with Crippen molar-refractivity contribution in [1.29, 1.82) is 0 Å². The van der Waals surface area contributed by atoms with Gasteiger partial charge in [0, 0.05) is 15.7 Å². The molecule has 1 heterocycles. The number of rotatable bonds is 3. The van der Waals surface area contributed by atoms with Crippen LogP contribution in [-0.4, -0.2) is 4.98 Å². The summed E-state index contributed by atoms with van der Waals surface area (Å²) in [7, 11) is 0. The number of allylic oxidation sites excluding steroid dienone is 2. The Bertz CT molecular complexity index is 439. The van der Waals surface area contributed by atoms with Crippen molar-refractivity contribution in [1.82, 2.24) is 4.98 Å². The van der Waals surface area contributed by atoms with E-state index in [-0.39, 0.29) is 0 Å². The Hall–Kier alpha value is -1.02. The molecule has 1 aromatic rings. The van der Waals surface area contributed by atoms with Crippen molar-refractivity contribution in [2.45, 2.75) is 74.7 Å². The number of halogens is 1. The molecule has 0 amide bonds. The predicted octanol–water partition coefficient (Wildman–Crippen LogP) is 8.17. The van der Waals surface area contributed by atoms with Crippen LogP contribution in [0.5, 0.6) is 0 Å². The lowest BCUT2D eigenvalue weighted by Crippen LogP contribution is -1.85. The van der Waals surface area contributed by atoms with E-state index in [4.69, 9.17) is 0 Å². The Labute approximate surface area is 154 Å². The van der Waals surface area contributed by atoms with Crippen LogP contribution < -0.4 is 0 Å². The molecule has 134 valence electrons. The van der Waals surface area contributed by atoms with Crippen molar-refractivity contribution in [3.05, 3.63) is 47.8 Å². The number of aryl methyl sites for hydroxylation is 1. The van der Waals surface area contributed by atoms with Crippen LogP contribution in [0.4, 0.5) is 0 Å². The standard InChI is InChI=1S/C13H14BrN.4C2H6/c1-3-6-11(14)13-9(4-2)10-7-5-8-12(10)15-13;4*1-2/h3-4,6,15H,1-2,5,7-8H2;4*1-2H3/b11-6+;;;;. The van der Waals surface area contributed by atoms with E-state index in [1.165, 1.54) is 29.7 Å². The maximum Gasteiger partial charge on any atom is 0.0603 e. The first-order valence-corrected chi connectivity index (χ1v) is 9.92. The molecule has 0 fully saturated rings. The number of fused-ring (bicyclic) bond motifs is 1. The average molecular weight is 384 g/mol. The summed E-state index contributed by atoms with van der Waals surface area (Å²) in [6, 6.07) is 0. The van der Waals surface area contributed by atoms with Gasteiger partial charge in [-0.05, 0) is 46.8 Å². The summed E-state index contributed by atoms with van der Waals surface area (Å²) in [5.74, 6) is 0. The molecule has 0 spiro atoms. The summed E-state index contributed by atoms with van der Waals surface area (Å²) < 4.78 is 1.04. The molecule has 1 N–H and O–H groups in total. The fourth-order valence-corrected chi connectivity index (χ4v) is 2.65. The summed E-state index contributed by atoms with van der Waals surface area (Å²) in [6.07, 6.45) is 9.25. The van der Waals surface area contributed by atoms with Gasteiger partial charge in [-0.1, -0.05) is 80.7 Å². The normalized spacial score (nSPS) is 10.9. The summed E-state index contributed by atoms with van der Waals surface area (Å²) >= 11 is 3.55. The Morgan fingerprint density at radius 2 is 1.48 bits per heavy atom. The highest BCUT2D eigenvalue weighted by Crippen LogP contribution is 2.34. The molecule has 23 heavy (non-hydrogen) atoms. The van der Waals surface area contributed by atoms with E-state index in [0.29, 0.717) is 0 Å². The van der Waals surface area contributed by atoms with Crippen molar-refractivity contribution in [3.63, 3.8) is 0 Å². The van der Waals surface area contributed by atoms with Gasteiger partial charge in [0.15, 0.2) is 0 Å². The fraction of sp³-hybridized carbons (Fsp3) is 0.524. The summed E-state index contributed by atoms with van der Waals surface area (Å²) in [5.41, 5.74) is 5.19. The molecule has 1 nitrogen and oxygen atoms in total. The molecule has 0 aromatic carbocycles. The Balaban J connectivity index is -0.000000438. The second-order valence-corrected chi connectivity index (χ2v) is 4.53. The summed E-state index contributed by atoms with van der Waals surface area (Å²) in [6.45, 7) is 23.6. The molecular formula is C21H38BrN. The number of hydrogen-bond acceptors (Lipinski definition) is 0. The number of nitrogens with one attached hydrogen (secondary N) is 1. The molecule has 0 saturated carbocycles. The maximum absolute atomic E-state index is 3.89. The van der Waals surface area contributed by atoms with Crippen molar-refractivity contribution in [2.75, 3.05) is 0 Å². The third kappa shape index (κ3) is 8.41. The van der Waals surface area contributed by atoms with E-state index >= 15 is 0 Å². The van der Waals surface area contributed by atoms with Gasteiger partial charge in [-0.2, -0.15) is 0 Å². The van der Waals surface area contributed by atoms with Crippen LogP contribution in [0.15, 0.2) is 25.3 Å². The maximum atomic E-state index is 3.89. The van der Waals surface area contributed by atoms with Gasteiger partial charge in [-0.25, -0.2) is 0 Å². The van der Waals surface area contributed by atoms with Crippen LogP contribution in [0, 0.1) is 0 Å². The third-order valence-corrected chi connectivity index (χ3v) is 3.46. The van der Waals surface area contributed by atoms with Gasteiger partial charge in [0.1, 0.15) is 0 Å². The number of H-pyrrole nitrogens is 1. The van der Waals surface area contributed by atoms with Crippen LogP contribution in [0.2, 0.25) is 0 Å². The third-order valence-electron chi connectivity index (χ3n) is 2.80. The van der Waals surface area contributed by atoms with Gasteiger partial charge in [-0.3, -0.25) is 0 Å². The molecule has 0 unspecified atom stereocenters. The number of hydrogen-bond donors (Lipinski definition) is 1. The Kier molecular flexibility index (Phi) is 22.2. The molecule has 2 heteroatoms. The fourth-order valence-electron chi connectivity index (χ4n) is 2.15. The van der Waals surface area contributed by atoms with Gasteiger partial charge in [0.25, 0.3) is 0 Å². The lowest BCUT2D eigenvalue weighted by atomic mass is 10.1. The van der Waals surface area contributed by atoms with Crippen LogP contribution in [0.3, 0.4) is 0 Å². The van der Waals surface area contributed by atoms with E-state index in [1.807, 2.05) is 67.5 Å². The van der Waals surface area contributed by atoms with E-state index in [2.05, 4.69) is 34.1 Å². The largest absolute Gasteiger partial charge is 0.357 e. The van der Waals surface area contributed by atoms with E-state index in [0.717, 1.165) is 16.6 Å². The molecule has 1 aliphatic carbocycles. The Morgan fingerprint density at radius 1 is 0.957 bits per heavy atom. The minimum Gasteiger partial charge on any atom is -0.357 e. The minimum absolute atomic E-state index is 1.04. The first-order chi connectivity index (χ1) is 11.3. The molecule has 0 aliphatic heterocycles. The minimum atomic E-state index is 1.04. The van der Waals surface area contributed by atoms with Gasteiger partial charge in [0.2, 0.25) is 0 Å². The average Bonchev–Trinajstić information content (AvgIpc) is 3.23. The van der Waals surface area contributed by atoms with Crippen LogP contribution in [0.1, 0.15) is 84.3 Å². The van der Waals surface area contributed by atoms with Crippen molar-refractivity contribution < 1.29 is 0 Å². The first-order valence-electron chi connectivity index (χ1n) is 9.12. The zero-order valence-corrected chi connectivity index (χ0v) is 18.2. The predicted molar refractivity (Wildman–Crippen MR) is 115 cm³/mol. The van der Waals surface area contributed by atoms with E-state index in [9.17, 15) is 0 Å². The van der Waals surface area contributed by atoms with Gasteiger partial charge < -0.3 is 4.98 Å². The van der Waals surface area contributed by atoms with Crippen LogP contribution in [0.25, 0.3) is 10.6 Å². The Morgan fingerprint density at radius 3 is 1.91 bits per heavy atom. The van der Waals surface area contributed by atoms with Gasteiger partial charge in [0.05, 0.1) is 5.69 Å². The smallest absolute Gasteiger partial charge is 0.0603 e. The quantitative estimate of drug-likeness (QED) is 0.506. The van der Waals surface area contributed by atoms with Crippen molar-refractivity contribution in [2.24, 2.45) is 0 Å². The topological polar surface area (TPSA) is 15.8 Å². The zero-order valence-electron chi connectivity index (χ0n) is 16.6. The SMILES string of the molecule is C=C/C=C(/Br)c1[nH]c2c(c1C=C)CCC2.CC.CC.CC.CC. The second kappa shape index (κ2) is 19.0. The lowest BCUT2D eigenvalue weighted by Gasteiger charge is -2.00. The number of aromatic nitrogens is 1. The van der Waals surface area contributed by atoms with Crippen molar-refractivity contribution >= 4 is 26.5 Å². The summed E-state index contributed by atoms with van der Waals surface area (Å²) in [4.78, 5) is 3.46. The molecule has 0 saturated heterocycles. The number of aromatic amines is 1. The van der Waals surface area contributed by atoms with E-state index < -0.39 is 0 Å². The molecule has 2 rings (SSSR count). The van der Waals surface area contributed by atoms with Crippen LogP contribution in [-0.2, 0) is 12.8 Å². The van der Waals surface area contributed by atoms with Gasteiger partial charge in [-0.15, -0.1) is 0 Å². The molecule has 0 radical (unpaired) electrons. The van der Waals surface area contributed by atoms with E-state index in [1.54, 1.807) is 6.08 Å². The van der Waals surface area contributed by atoms with Gasteiger partial charge >= 0.3 is 0 Å².